The Morgan fingerprint density at radius 3 is 2.58 bits per heavy atom. The molecule has 0 aliphatic heterocycles. The zero-order chi connectivity index (χ0) is 9.45. The molecular weight excluding hydrogens is 178 g/mol. The third-order valence-corrected chi connectivity index (χ3v) is 0.948. The van der Waals surface area contributed by atoms with Gasteiger partial charge in [-0.05, 0) is 5.73 Å². The molecule has 0 aromatic heterocycles. The van der Waals surface area contributed by atoms with E-state index in [1.807, 2.05) is 11.7 Å². The molecule has 12 heavy (non-hydrogen) atoms. The number of hydrogen-bond donors (Lipinski definition) is 1. The van der Waals surface area contributed by atoms with Gasteiger partial charge in [-0.2, -0.15) is 4.99 Å². The number of aliphatic imine (C=N–C) groups is 1. The molecular formula is C6H5N3O2S. The van der Waals surface area contributed by atoms with E-state index >= 15 is 0 Å². The van der Waals surface area contributed by atoms with Crippen molar-refractivity contribution in [2.24, 2.45) is 9.39 Å². The molecule has 0 spiro atoms. The molecule has 0 heterocycles. The number of hydrogen-bond acceptors (Lipinski definition) is 4. The van der Waals surface area contributed by atoms with Crippen molar-refractivity contribution in [2.45, 2.75) is 0 Å². The molecule has 0 bridgehead atoms. The van der Waals surface area contributed by atoms with Crippen molar-refractivity contribution in [1.29, 1.82) is 5.41 Å². The summed E-state index contributed by atoms with van der Waals surface area (Å²) in [6.45, 7) is 0. The van der Waals surface area contributed by atoms with Crippen LogP contribution in [0.5, 0.6) is 0 Å². The fourth-order valence-electron chi connectivity index (χ4n) is 0.235. The van der Waals surface area contributed by atoms with Gasteiger partial charge in [0.05, 0.1) is 30.1 Å². The van der Waals surface area contributed by atoms with Gasteiger partial charge >= 0.3 is 0 Å². The molecule has 0 aromatic rings. The van der Waals surface area contributed by atoms with E-state index in [0.29, 0.717) is 0 Å². The summed E-state index contributed by atoms with van der Waals surface area (Å²) in [4.78, 5) is 3.31. The van der Waals surface area contributed by atoms with Crippen LogP contribution < -0.4 is 0 Å². The summed E-state index contributed by atoms with van der Waals surface area (Å²) in [6, 6.07) is 0. The van der Waals surface area contributed by atoms with Gasteiger partial charge < -0.3 is 0 Å². The number of sulfonamides is 1. The molecule has 62 valence electrons. The van der Waals surface area contributed by atoms with Gasteiger partial charge in [0.25, 0.3) is 10.0 Å². The molecule has 0 aliphatic carbocycles. The predicted octanol–water partition coefficient (Wildman–Crippen LogP) is -0.241. The smallest absolute Gasteiger partial charge is 0.250 e. The van der Waals surface area contributed by atoms with Crippen molar-refractivity contribution >= 4 is 27.6 Å². The highest BCUT2D eigenvalue weighted by Crippen LogP contribution is 1.77. The molecule has 0 rings (SSSR count). The molecule has 0 amide bonds. The molecule has 0 unspecified atom stereocenters. The minimum Gasteiger partial charge on any atom is -0.250 e. The molecule has 0 aliphatic rings. The Hall–Kier alpha value is -1.66. The van der Waals surface area contributed by atoms with Crippen LogP contribution in [-0.2, 0) is 10.0 Å². The zero-order valence-corrected chi connectivity index (χ0v) is 7.01. The summed E-state index contributed by atoms with van der Waals surface area (Å²) >= 11 is 0. The van der Waals surface area contributed by atoms with Gasteiger partial charge in [0.1, 0.15) is 0 Å². The summed E-state index contributed by atoms with van der Waals surface area (Å²) < 4.78 is 23.7. The molecule has 0 saturated heterocycles. The minimum absolute atomic E-state index is 0.933. The van der Waals surface area contributed by atoms with Crippen LogP contribution in [0.15, 0.2) is 21.3 Å². The lowest BCUT2D eigenvalue weighted by Crippen LogP contribution is -1.86. The highest BCUT2D eigenvalue weighted by atomic mass is 32.2. The lowest BCUT2D eigenvalue weighted by Gasteiger charge is -1.74. The van der Waals surface area contributed by atoms with Crippen molar-refractivity contribution < 1.29 is 8.42 Å². The molecule has 0 saturated carbocycles. The lowest BCUT2D eigenvalue weighted by atomic mass is 10.8. The van der Waals surface area contributed by atoms with E-state index in [4.69, 9.17) is 5.41 Å². The molecule has 6 heteroatoms. The van der Waals surface area contributed by atoms with Crippen LogP contribution >= 0.6 is 0 Å². The Labute approximate surface area is 69.7 Å². The molecule has 1 N–H and O–H groups in total. The third kappa shape index (κ3) is 8.34. The van der Waals surface area contributed by atoms with Crippen LogP contribution in [0, 0.1) is 5.41 Å². The van der Waals surface area contributed by atoms with E-state index in [1.165, 1.54) is 0 Å². The monoisotopic (exact) mass is 183 g/mol. The van der Waals surface area contributed by atoms with Gasteiger partial charge in [-0.25, -0.2) is 13.8 Å². The Kier molecular flexibility index (Phi) is 4.35. The number of nitrogens with zero attached hydrogens (tertiary/aromatic N) is 2. The topological polar surface area (TPSA) is 82.7 Å². The van der Waals surface area contributed by atoms with Crippen molar-refractivity contribution in [3.8, 4) is 0 Å². The summed E-state index contributed by atoms with van der Waals surface area (Å²) in [7, 11) is -3.40. The summed E-state index contributed by atoms with van der Waals surface area (Å²) in [6.07, 6.45) is 2.00. The van der Waals surface area contributed by atoms with Crippen LogP contribution in [-0.4, -0.2) is 32.3 Å². The average Bonchev–Trinajstić information content (AvgIpc) is 1.94. The quantitative estimate of drug-likeness (QED) is 0.473. The SMILES string of the molecule is CS(=O)(=O)N=C=C=CN=C=C=N. The van der Waals surface area contributed by atoms with Crippen LogP contribution in [0.4, 0.5) is 0 Å². The molecule has 0 radical (unpaired) electrons. The van der Waals surface area contributed by atoms with Gasteiger partial charge in [0.2, 0.25) is 0 Å². The molecule has 5 nitrogen and oxygen atoms in total. The van der Waals surface area contributed by atoms with Crippen LogP contribution in [0.25, 0.3) is 0 Å². The molecule has 0 fully saturated rings. The van der Waals surface area contributed by atoms with Crippen molar-refractivity contribution in [1.82, 2.24) is 0 Å². The van der Waals surface area contributed by atoms with Gasteiger partial charge in [0.15, 0.2) is 0 Å². The van der Waals surface area contributed by atoms with E-state index in [9.17, 15) is 8.42 Å². The number of rotatable bonds is 2. The van der Waals surface area contributed by atoms with Gasteiger partial charge in [0, 0.05) is 0 Å². The average molecular weight is 183 g/mol. The second kappa shape index (κ2) is 5.05. The first-order chi connectivity index (χ1) is 5.56. The minimum atomic E-state index is -3.40. The highest BCUT2D eigenvalue weighted by molar-refractivity contribution is 7.89. The fourth-order valence-corrected chi connectivity index (χ4v) is 0.453. The maximum Gasteiger partial charge on any atom is 0.258 e. The summed E-state index contributed by atoms with van der Waals surface area (Å²) in [5, 5.41) is 6.34. The van der Waals surface area contributed by atoms with Crippen LogP contribution in [0.3, 0.4) is 0 Å². The van der Waals surface area contributed by atoms with E-state index < -0.39 is 10.0 Å². The van der Waals surface area contributed by atoms with E-state index in [1.54, 1.807) is 5.87 Å². The lowest BCUT2D eigenvalue weighted by molar-refractivity contribution is 0.604. The Morgan fingerprint density at radius 1 is 1.42 bits per heavy atom. The van der Waals surface area contributed by atoms with Crippen molar-refractivity contribution in [2.75, 3.05) is 6.26 Å². The third-order valence-electron chi connectivity index (χ3n) is 0.526. The second-order valence-corrected chi connectivity index (χ2v) is 3.22. The zero-order valence-electron chi connectivity index (χ0n) is 6.20. The van der Waals surface area contributed by atoms with E-state index in [2.05, 4.69) is 15.1 Å². The second-order valence-electron chi connectivity index (χ2n) is 1.58. The van der Waals surface area contributed by atoms with Crippen LogP contribution in [0.1, 0.15) is 0 Å². The van der Waals surface area contributed by atoms with Crippen molar-refractivity contribution in [3.63, 3.8) is 0 Å². The normalized spacial score (nSPS) is 8.08. The van der Waals surface area contributed by atoms with Gasteiger partial charge in [-0.15, -0.1) is 4.40 Å². The highest BCUT2D eigenvalue weighted by Gasteiger charge is 1.89. The Bertz CT molecular complexity index is 423. The fraction of sp³-hybridized carbons (Fsp3) is 0.167. The van der Waals surface area contributed by atoms with E-state index in [-0.39, 0.29) is 0 Å². The van der Waals surface area contributed by atoms with Crippen molar-refractivity contribution in [3.05, 3.63) is 11.9 Å². The van der Waals surface area contributed by atoms with Crippen LogP contribution in [0.2, 0.25) is 0 Å². The first-order valence-electron chi connectivity index (χ1n) is 2.67. The number of nitrogens with one attached hydrogen (secondary N) is 1. The van der Waals surface area contributed by atoms with Gasteiger partial charge in [-0.3, -0.25) is 0 Å². The molecule has 0 aromatic carbocycles. The Balaban J connectivity index is 4.67. The predicted molar refractivity (Wildman–Crippen MR) is 45.5 cm³/mol. The Morgan fingerprint density at radius 2 is 2.08 bits per heavy atom. The standard InChI is InChI=1S/C6H5N3O2S/c1-12(10,11)9-5-2-4-8-6-3-7/h4,7H,1H3. The molecule has 0 atom stereocenters. The maximum atomic E-state index is 10.3. The largest absolute Gasteiger partial charge is 0.258 e. The first-order valence-corrected chi connectivity index (χ1v) is 4.52. The van der Waals surface area contributed by atoms with E-state index in [0.717, 1.165) is 12.5 Å². The summed E-state index contributed by atoms with van der Waals surface area (Å²) in [5.74, 6) is 5.79. The first kappa shape index (κ1) is 10.3. The summed E-state index contributed by atoms with van der Waals surface area (Å²) in [5.41, 5.74) is 2.20. The maximum absolute atomic E-state index is 10.3. The van der Waals surface area contributed by atoms with Gasteiger partial charge in [-0.1, -0.05) is 0 Å².